The van der Waals surface area contributed by atoms with Crippen LogP contribution >= 0.6 is 0 Å². The average molecular weight is 393 g/mol. The third kappa shape index (κ3) is 4.41. The molecule has 1 fully saturated rings. The van der Waals surface area contributed by atoms with E-state index in [1.54, 1.807) is 19.2 Å². The number of carbonyl (C=O) groups is 1. The molecular formula is C22H23N3O4. The fourth-order valence-corrected chi connectivity index (χ4v) is 3.36. The number of aromatic nitrogens is 1. The molecule has 7 heteroatoms. The Morgan fingerprint density at radius 1 is 1.17 bits per heavy atom. The first-order valence-corrected chi connectivity index (χ1v) is 9.52. The van der Waals surface area contributed by atoms with Crippen molar-refractivity contribution in [3.63, 3.8) is 0 Å². The summed E-state index contributed by atoms with van der Waals surface area (Å²) in [5, 5.41) is 3.35. The summed E-state index contributed by atoms with van der Waals surface area (Å²) in [6.45, 7) is 2.22. The first-order valence-electron chi connectivity index (χ1n) is 9.52. The minimum absolute atomic E-state index is 0.0341. The van der Waals surface area contributed by atoms with Crippen molar-refractivity contribution in [2.24, 2.45) is 0 Å². The minimum atomic E-state index is -0.139. The van der Waals surface area contributed by atoms with E-state index in [-0.39, 0.29) is 18.6 Å². The van der Waals surface area contributed by atoms with Crippen LogP contribution in [0.4, 0.5) is 0 Å². The highest BCUT2D eigenvalue weighted by atomic mass is 16.5. The van der Waals surface area contributed by atoms with Gasteiger partial charge in [0, 0.05) is 19.6 Å². The molecular weight excluding hydrogens is 370 g/mol. The third-order valence-corrected chi connectivity index (χ3v) is 4.88. The van der Waals surface area contributed by atoms with E-state index in [2.05, 4.69) is 10.3 Å². The highest BCUT2D eigenvalue weighted by molar-refractivity contribution is 5.92. The molecule has 0 aliphatic carbocycles. The fraction of sp³-hybridized carbons (Fsp3) is 0.273. The van der Waals surface area contributed by atoms with Crippen molar-refractivity contribution in [3.8, 4) is 11.5 Å². The molecule has 4 rings (SSSR count). The van der Waals surface area contributed by atoms with Gasteiger partial charge in [-0.15, -0.1) is 0 Å². The van der Waals surface area contributed by atoms with Gasteiger partial charge in [0.15, 0.2) is 12.3 Å². The van der Waals surface area contributed by atoms with Crippen LogP contribution in [0, 0.1) is 0 Å². The molecule has 150 valence electrons. The largest absolute Gasteiger partial charge is 0.497 e. The number of rotatable bonds is 6. The van der Waals surface area contributed by atoms with Gasteiger partial charge in [-0.05, 0) is 29.8 Å². The van der Waals surface area contributed by atoms with Gasteiger partial charge < -0.3 is 24.1 Å². The molecule has 2 aromatic carbocycles. The molecule has 1 atom stereocenters. The molecule has 0 bridgehead atoms. The summed E-state index contributed by atoms with van der Waals surface area (Å²) in [4.78, 5) is 19.2. The maximum absolute atomic E-state index is 13.1. The monoisotopic (exact) mass is 393 g/mol. The Hall–Kier alpha value is -3.32. The highest BCUT2D eigenvalue weighted by Gasteiger charge is 2.30. The number of oxazole rings is 1. The molecule has 7 nitrogen and oxygen atoms in total. The summed E-state index contributed by atoms with van der Waals surface area (Å²) in [7, 11) is 1.61. The van der Waals surface area contributed by atoms with Crippen LogP contribution in [0.3, 0.4) is 0 Å². The molecule has 1 saturated heterocycles. The van der Waals surface area contributed by atoms with Gasteiger partial charge in [-0.1, -0.05) is 30.3 Å². The molecule has 1 unspecified atom stereocenters. The van der Waals surface area contributed by atoms with Crippen molar-refractivity contribution < 1.29 is 18.7 Å². The second-order valence-electron chi connectivity index (χ2n) is 6.72. The first-order chi connectivity index (χ1) is 14.2. The number of benzene rings is 2. The topological polar surface area (TPSA) is 76.8 Å². The Morgan fingerprint density at radius 2 is 1.93 bits per heavy atom. The lowest BCUT2D eigenvalue weighted by Crippen LogP contribution is -2.48. The quantitative estimate of drug-likeness (QED) is 0.694. The Morgan fingerprint density at radius 3 is 2.69 bits per heavy atom. The minimum Gasteiger partial charge on any atom is -0.497 e. The molecule has 2 heterocycles. The molecule has 0 saturated carbocycles. The number of amides is 1. The fourth-order valence-electron chi connectivity index (χ4n) is 3.36. The van der Waals surface area contributed by atoms with Crippen molar-refractivity contribution in [3.05, 3.63) is 78.0 Å². The standard InChI is InChI=1S/C22H23N3O4/c1-27-17-7-9-18(10-8-17)28-15-21-24-19(14-29-21)22(26)25-12-11-23-13-20(25)16-5-3-2-4-6-16/h2-10,14,20,23H,11-13,15H2,1H3. The molecule has 29 heavy (non-hydrogen) atoms. The van der Waals surface area contributed by atoms with Crippen LogP contribution < -0.4 is 14.8 Å². The van der Waals surface area contributed by atoms with Gasteiger partial charge in [-0.3, -0.25) is 4.79 Å². The molecule has 1 aliphatic heterocycles. The average Bonchev–Trinajstić information content (AvgIpc) is 3.27. The smallest absolute Gasteiger partial charge is 0.276 e. The van der Waals surface area contributed by atoms with Crippen LogP contribution in [0.1, 0.15) is 28.0 Å². The molecule has 0 radical (unpaired) electrons. The Bertz CT molecular complexity index is 940. The van der Waals surface area contributed by atoms with E-state index in [1.807, 2.05) is 47.4 Å². The van der Waals surface area contributed by atoms with Crippen molar-refractivity contribution >= 4 is 5.91 Å². The van der Waals surface area contributed by atoms with E-state index in [0.717, 1.165) is 17.9 Å². The van der Waals surface area contributed by atoms with E-state index in [0.29, 0.717) is 30.4 Å². The van der Waals surface area contributed by atoms with E-state index < -0.39 is 0 Å². The lowest BCUT2D eigenvalue weighted by atomic mass is 10.0. The van der Waals surface area contributed by atoms with E-state index >= 15 is 0 Å². The van der Waals surface area contributed by atoms with Crippen molar-refractivity contribution in [1.29, 1.82) is 0 Å². The van der Waals surface area contributed by atoms with Crippen LogP contribution in [-0.4, -0.2) is 42.5 Å². The zero-order valence-corrected chi connectivity index (χ0v) is 16.2. The maximum atomic E-state index is 13.1. The van der Waals surface area contributed by atoms with Gasteiger partial charge >= 0.3 is 0 Å². The van der Waals surface area contributed by atoms with Gasteiger partial charge in [0.05, 0.1) is 13.2 Å². The van der Waals surface area contributed by atoms with Gasteiger partial charge in [0.1, 0.15) is 17.8 Å². The zero-order chi connectivity index (χ0) is 20.1. The van der Waals surface area contributed by atoms with Crippen molar-refractivity contribution in [2.45, 2.75) is 12.6 Å². The predicted molar refractivity (Wildman–Crippen MR) is 107 cm³/mol. The van der Waals surface area contributed by atoms with Gasteiger partial charge in [0.2, 0.25) is 5.89 Å². The molecule has 1 aliphatic rings. The molecule has 1 N–H and O–H groups in total. The highest BCUT2D eigenvalue weighted by Crippen LogP contribution is 2.24. The van der Waals surface area contributed by atoms with E-state index in [1.165, 1.54) is 6.26 Å². The number of nitrogens with one attached hydrogen (secondary N) is 1. The number of hydrogen-bond acceptors (Lipinski definition) is 6. The summed E-state index contributed by atoms with van der Waals surface area (Å²) >= 11 is 0. The zero-order valence-electron chi connectivity index (χ0n) is 16.2. The van der Waals surface area contributed by atoms with Crippen LogP contribution in [-0.2, 0) is 6.61 Å². The number of ether oxygens (including phenoxy) is 2. The summed E-state index contributed by atoms with van der Waals surface area (Å²) in [5.74, 6) is 1.64. The number of methoxy groups -OCH3 is 1. The SMILES string of the molecule is COc1ccc(OCc2nc(C(=O)N3CCNCC3c3ccccc3)co2)cc1. The summed E-state index contributed by atoms with van der Waals surface area (Å²) in [6.07, 6.45) is 1.40. The number of hydrogen-bond donors (Lipinski definition) is 1. The Kier molecular flexibility index (Phi) is 5.76. The predicted octanol–water partition coefficient (Wildman–Crippen LogP) is 3.05. The molecule has 0 spiro atoms. The normalized spacial score (nSPS) is 16.4. The number of piperazine rings is 1. The second kappa shape index (κ2) is 8.79. The third-order valence-electron chi connectivity index (χ3n) is 4.88. The van der Waals surface area contributed by atoms with Gasteiger partial charge in [-0.2, -0.15) is 0 Å². The summed E-state index contributed by atoms with van der Waals surface area (Å²) < 4.78 is 16.3. The van der Waals surface area contributed by atoms with Crippen LogP contribution in [0.2, 0.25) is 0 Å². The van der Waals surface area contributed by atoms with E-state index in [9.17, 15) is 4.79 Å². The maximum Gasteiger partial charge on any atom is 0.276 e. The molecule has 3 aromatic rings. The first kappa shape index (κ1) is 19.0. The number of nitrogens with zero attached hydrogens (tertiary/aromatic N) is 2. The Balaban J connectivity index is 1.42. The van der Waals surface area contributed by atoms with Crippen LogP contribution in [0.15, 0.2) is 65.3 Å². The van der Waals surface area contributed by atoms with E-state index in [4.69, 9.17) is 13.9 Å². The van der Waals surface area contributed by atoms with Crippen molar-refractivity contribution in [2.75, 3.05) is 26.7 Å². The van der Waals surface area contributed by atoms with Gasteiger partial charge in [-0.25, -0.2) is 4.98 Å². The van der Waals surface area contributed by atoms with Gasteiger partial charge in [0.25, 0.3) is 5.91 Å². The number of carbonyl (C=O) groups excluding carboxylic acids is 1. The molecule has 1 aromatic heterocycles. The van der Waals surface area contributed by atoms with Crippen LogP contribution in [0.25, 0.3) is 0 Å². The summed E-state index contributed by atoms with van der Waals surface area (Å²) in [5.41, 5.74) is 1.39. The Labute approximate surface area is 169 Å². The van der Waals surface area contributed by atoms with Crippen LogP contribution in [0.5, 0.6) is 11.5 Å². The molecule has 1 amide bonds. The van der Waals surface area contributed by atoms with Crippen molar-refractivity contribution in [1.82, 2.24) is 15.2 Å². The lowest BCUT2D eigenvalue weighted by Gasteiger charge is -2.36. The lowest BCUT2D eigenvalue weighted by molar-refractivity contribution is 0.0628. The summed E-state index contributed by atoms with van der Waals surface area (Å²) in [6, 6.07) is 17.2. The second-order valence-corrected chi connectivity index (χ2v) is 6.72.